The van der Waals surface area contributed by atoms with Crippen molar-refractivity contribution in [2.75, 3.05) is 39.8 Å². The predicted octanol–water partition coefficient (Wildman–Crippen LogP) is 3.87. The maximum absolute atomic E-state index is 10.9. The molecular weight excluding hydrogens is 484 g/mol. The number of ether oxygens (including phenoxy) is 4. The van der Waals surface area contributed by atoms with Crippen molar-refractivity contribution < 1.29 is 36.7 Å². The van der Waals surface area contributed by atoms with Crippen molar-refractivity contribution in [1.29, 1.82) is 0 Å². The highest BCUT2D eigenvalue weighted by Crippen LogP contribution is 2.32. The summed E-state index contributed by atoms with van der Waals surface area (Å²) >= 11 is 0. The number of hydrogen-bond acceptors (Lipinski definition) is 8. The maximum atomic E-state index is 10.9. The Kier molecular flexibility index (Phi) is 14.8. The summed E-state index contributed by atoms with van der Waals surface area (Å²) in [5.41, 5.74) is 1.23. The number of unbranched alkanes of at least 4 members (excludes halogenated alkanes) is 5. The first kappa shape index (κ1) is 30.9. The standard InChI is InChI=1S/C27H44O8S/c1-4-18-33-26-23(17-16-22-14-10-9-11-15-22)24(35-27(31-2)25(26)28)21-32-19-12-7-5-6-8-13-20-34-36(3,29)30/h4,9-11,14-15,23-28H,1,5-8,12-13,16-21H2,2-3H3/t23-,24-,25+,26+,27+/m1/s1. The van der Waals surface area contributed by atoms with E-state index in [1.54, 1.807) is 6.08 Å². The van der Waals surface area contributed by atoms with E-state index in [1.165, 1.54) is 12.7 Å². The van der Waals surface area contributed by atoms with Crippen LogP contribution in [-0.2, 0) is 39.7 Å². The Morgan fingerprint density at radius 2 is 1.72 bits per heavy atom. The van der Waals surface area contributed by atoms with Gasteiger partial charge in [-0.05, 0) is 31.2 Å². The second-order valence-electron chi connectivity index (χ2n) is 9.27. The first-order valence-corrected chi connectivity index (χ1v) is 14.7. The summed E-state index contributed by atoms with van der Waals surface area (Å²) in [4.78, 5) is 0. The summed E-state index contributed by atoms with van der Waals surface area (Å²) in [6.45, 7) is 5.36. The molecule has 0 bridgehead atoms. The van der Waals surface area contributed by atoms with Gasteiger partial charge in [-0.15, -0.1) is 6.58 Å². The molecule has 0 spiro atoms. The van der Waals surface area contributed by atoms with Gasteiger partial charge in [0.2, 0.25) is 0 Å². The Morgan fingerprint density at radius 3 is 2.36 bits per heavy atom. The molecule has 1 fully saturated rings. The number of aliphatic hydroxyl groups excluding tert-OH is 1. The molecular formula is C27H44O8S. The Morgan fingerprint density at radius 1 is 1.06 bits per heavy atom. The van der Waals surface area contributed by atoms with Crippen molar-refractivity contribution in [3.8, 4) is 0 Å². The van der Waals surface area contributed by atoms with E-state index in [0.717, 1.165) is 57.6 Å². The van der Waals surface area contributed by atoms with Crippen LogP contribution in [0.25, 0.3) is 0 Å². The van der Waals surface area contributed by atoms with Crippen molar-refractivity contribution in [2.45, 2.75) is 76.0 Å². The van der Waals surface area contributed by atoms with Crippen molar-refractivity contribution in [2.24, 2.45) is 5.92 Å². The summed E-state index contributed by atoms with van der Waals surface area (Å²) in [6.07, 6.45) is 7.81. The lowest BCUT2D eigenvalue weighted by atomic mass is 9.84. The lowest BCUT2D eigenvalue weighted by Gasteiger charge is -2.44. The third kappa shape index (κ3) is 11.8. The lowest BCUT2D eigenvalue weighted by Crippen LogP contribution is -2.57. The minimum Gasteiger partial charge on any atom is -0.385 e. The Balaban J connectivity index is 1.78. The molecule has 2 rings (SSSR count). The Hall–Kier alpha value is -1.33. The third-order valence-corrected chi connectivity index (χ3v) is 6.93. The molecule has 0 radical (unpaired) electrons. The minimum atomic E-state index is -3.34. The highest BCUT2D eigenvalue weighted by Gasteiger charge is 2.45. The van der Waals surface area contributed by atoms with Crippen LogP contribution in [0.5, 0.6) is 0 Å². The molecule has 0 amide bonds. The monoisotopic (exact) mass is 528 g/mol. The number of aliphatic hydroxyl groups is 1. The van der Waals surface area contributed by atoms with Crippen LogP contribution in [0.15, 0.2) is 43.0 Å². The van der Waals surface area contributed by atoms with Crippen molar-refractivity contribution >= 4 is 10.1 Å². The van der Waals surface area contributed by atoms with E-state index in [0.29, 0.717) is 19.8 Å². The molecule has 36 heavy (non-hydrogen) atoms. The molecule has 0 unspecified atom stereocenters. The molecule has 0 aromatic heterocycles. The number of aryl methyl sites for hydroxylation is 1. The summed E-state index contributed by atoms with van der Waals surface area (Å²) in [5, 5.41) is 10.8. The van der Waals surface area contributed by atoms with Crippen molar-refractivity contribution in [3.05, 3.63) is 48.6 Å². The maximum Gasteiger partial charge on any atom is 0.264 e. The van der Waals surface area contributed by atoms with Crippen LogP contribution in [0.1, 0.15) is 50.5 Å². The normalized spacial score (nSPS) is 24.6. The van der Waals surface area contributed by atoms with Gasteiger partial charge in [0.05, 0.1) is 38.3 Å². The zero-order valence-electron chi connectivity index (χ0n) is 21.8. The van der Waals surface area contributed by atoms with E-state index >= 15 is 0 Å². The molecule has 1 saturated heterocycles. The SMILES string of the molecule is C=CCO[C@@H]1[C@H](O)[C@@H](OC)O[C@H](COCCCCCCCCOS(C)(=O)=O)[C@H]1CCc1ccccc1. The van der Waals surface area contributed by atoms with Gasteiger partial charge in [0.25, 0.3) is 10.1 Å². The van der Waals surface area contributed by atoms with Crippen LogP contribution in [0.2, 0.25) is 0 Å². The molecule has 9 heteroatoms. The molecule has 1 aromatic carbocycles. The van der Waals surface area contributed by atoms with Crippen LogP contribution in [0.3, 0.4) is 0 Å². The van der Waals surface area contributed by atoms with Gasteiger partial charge >= 0.3 is 0 Å². The molecule has 206 valence electrons. The molecule has 1 heterocycles. The average Bonchev–Trinajstić information content (AvgIpc) is 2.86. The second kappa shape index (κ2) is 17.2. The zero-order chi connectivity index (χ0) is 26.2. The largest absolute Gasteiger partial charge is 0.385 e. The molecule has 0 saturated carbocycles. The zero-order valence-corrected chi connectivity index (χ0v) is 22.6. The van der Waals surface area contributed by atoms with Gasteiger partial charge in [-0.3, -0.25) is 4.18 Å². The molecule has 5 atom stereocenters. The van der Waals surface area contributed by atoms with Gasteiger partial charge in [0.15, 0.2) is 6.29 Å². The van der Waals surface area contributed by atoms with Crippen LogP contribution in [0.4, 0.5) is 0 Å². The van der Waals surface area contributed by atoms with Crippen molar-refractivity contribution in [1.82, 2.24) is 0 Å². The van der Waals surface area contributed by atoms with E-state index in [-0.39, 0.29) is 18.6 Å². The fourth-order valence-corrected chi connectivity index (χ4v) is 4.90. The molecule has 1 aliphatic rings. The minimum absolute atomic E-state index is 0.0549. The predicted molar refractivity (Wildman–Crippen MR) is 139 cm³/mol. The van der Waals surface area contributed by atoms with E-state index in [1.807, 2.05) is 18.2 Å². The highest BCUT2D eigenvalue weighted by molar-refractivity contribution is 7.85. The van der Waals surface area contributed by atoms with Gasteiger partial charge in [0.1, 0.15) is 6.10 Å². The fourth-order valence-electron chi connectivity index (χ4n) is 4.48. The fraction of sp³-hybridized carbons (Fsp3) is 0.704. The summed E-state index contributed by atoms with van der Waals surface area (Å²) < 4.78 is 50.1. The number of rotatable bonds is 19. The first-order valence-electron chi connectivity index (χ1n) is 12.9. The van der Waals surface area contributed by atoms with E-state index < -0.39 is 28.6 Å². The molecule has 1 N–H and O–H groups in total. The average molecular weight is 529 g/mol. The summed E-state index contributed by atoms with van der Waals surface area (Å²) in [7, 11) is -1.82. The first-order chi connectivity index (χ1) is 17.4. The second-order valence-corrected chi connectivity index (χ2v) is 10.9. The van der Waals surface area contributed by atoms with E-state index in [4.69, 9.17) is 23.1 Å². The number of methoxy groups -OCH3 is 1. The van der Waals surface area contributed by atoms with Gasteiger partial charge in [-0.2, -0.15) is 8.42 Å². The summed E-state index contributed by atoms with van der Waals surface area (Å²) in [6, 6.07) is 10.3. The van der Waals surface area contributed by atoms with Crippen LogP contribution in [0, 0.1) is 5.92 Å². The number of hydrogen-bond donors (Lipinski definition) is 1. The quantitative estimate of drug-likeness (QED) is 0.164. The van der Waals surface area contributed by atoms with E-state index in [2.05, 4.69) is 18.7 Å². The summed E-state index contributed by atoms with van der Waals surface area (Å²) in [5.74, 6) is -0.0549. The van der Waals surface area contributed by atoms with Crippen LogP contribution < -0.4 is 0 Å². The molecule has 0 aliphatic carbocycles. The topological polar surface area (TPSA) is 101 Å². The molecule has 8 nitrogen and oxygen atoms in total. The van der Waals surface area contributed by atoms with Crippen LogP contribution >= 0.6 is 0 Å². The van der Waals surface area contributed by atoms with Gasteiger partial charge in [-0.1, -0.05) is 62.1 Å². The Labute approximate surface area is 217 Å². The van der Waals surface area contributed by atoms with Gasteiger partial charge in [-0.25, -0.2) is 0 Å². The van der Waals surface area contributed by atoms with Gasteiger partial charge in [0, 0.05) is 19.6 Å². The molecule has 1 aliphatic heterocycles. The lowest BCUT2D eigenvalue weighted by molar-refractivity contribution is -0.291. The van der Waals surface area contributed by atoms with Crippen LogP contribution in [-0.4, -0.2) is 77.9 Å². The smallest absolute Gasteiger partial charge is 0.264 e. The Bertz CT molecular complexity index is 816. The highest BCUT2D eigenvalue weighted by atomic mass is 32.2. The van der Waals surface area contributed by atoms with Gasteiger partial charge < -0.3 is 24.1 Å². The van der Waals surface area contributed by atoms with E-state index in [9.17, 15) is 13.5 Å². The third-order valence-electron chi connectivity index (χ3n) is 6.33. The number of benzene rings is 1. The molecule has 1 aromatic rings. The van der Waals surface area contributed by atoms with Crippen molar-refractivity contribution in [3.63, 3.8) is 0 Å².